The van der Waals surface area contributed by atoms with E-state index in [1.54, 1.807) is 37.8 Å². The first-order valence-electron chi connectivity index (χ1n) is 11.8. The SMILES string of the molecule is Cc1ccccc1N(CC1CC1)C(=O)C(C)(C)C(=O)[C@H](C)NC(=O)[C@@H](N)Cc1ccc(O)cc1. The van der Waals surface area contributed by atoms with Crippen LogP contribution in [0.4, 0.5) is 5.69 Å². The largest absolute Gasteiger partial charge is 0.508 e. The maximum Gasteiger partial charge on any atom is 0.240 e. The van der Waals surface area contributed by atoms with E-state index in [1.165, 1.54) is 12.1 Å². The zero-order valence-corrected chi connectivity index (χ0v) is 20.4. The monoisotopic (exact) mass is 465 g/mol. The third kappa shape index (κ3) is 6.03. The molecule has 0 saturated heterocycles. The van der Waals surface area contributed by atoms with Crippen molar-refractivity contribution in [2.75, 3.05) is 11.4 Å². The molecule has 182 valence electrons. The van der Waals surface area contributed by atoms with Crippen molar-refractivity contribution >= 4 is 23.3 Å². The van der Waals surface area contributed by atoms with Gasteiger partial charge in [0.1, 0.15) is 11.2 Å². The lowest BCUT2D eigenvalue weighted by Crippen LogP contribution is -2.54. The van der Waals surface area contributed by atoms with Crippen LogP contribution in [0.15, 0.2) is 48.5 Å². The van der Waals surface area contributed by atoms with Crippen molar-refractivity contribution in [3.63, 3.8) is 0 Å². The predicted octanol–water partition coefficient (Wildman–Crippen LogP) is 3.11. The van der Waals surface area contributed by atoms with Gasteiger partial charge in [-0.1, -0.05) is 30.3 Å². The Labute approximate surface area is 201 Å². The Balaban J connectivity index is 1.69. The second kappa shape index (κ2) is 10.4. The average molecular weight is 466 g/mol. The molecule has 1 aliphatic carbocycles. The molecule has 0 bridgehead atoms. The van der Waals surface area contributed by atoms with Crippen LogP contribution in [0.2, 0.25) is 0 Å². The van der Waals surface area contributed by atoms with Crippen molar-refractivity contribution in [3.8, 4) is 5.75 Å². The third-order valence-corrected chi connectivity index (χ3v) is 6.42. The fraction of sp³-hybridized carbons (Fsp3) is 0.444. The summed E-state index contributed by atoms with van der Waals surface area (Å²) in [5.74, 6) is -0.519. The number of carbonyl (C=O) groups excluding carboxylic acids is 3. The number of aromatic hydroxyl groups is 1. The van der Waals surface area contributed by atoms with Crippen LogP contribution in [0.3, 0.4) is 0 Å². The van der Waals surface area contributed by atoms with E-state index in [0.717, 1.165) is 29.7 Å². The van der Waals surface area contributed by atoms with Gasteiger partial charge in [0.2, 0.25) is 11.8 Å². The van der Waals surface area contributed by atoms with E-state index in [2.05, 4.69) is 5.32 Å². The fourth-order valence-electron chi connectivity index (χ4n) is 4.06. The van der Waals surface area contributed by atoms with Crippen LogP contribution in [0.5, 0.6) is 5.75 Å². The molecule has 0 aromatic heterocycles. The van der Waals surface area contributed by atoms with Gasteiger partial charge >= 0.3 is 0 Å². The van der Waals surface area contributed by atoms with E-state index in [9.17, 15) is 19.5 Å². The number of amides is 2. The number of anilines is 1. The molecule has 2 aromatic rings. The summed E-state index contributed by atoms with van der Waals surface area (Å²) in [6, 6.07) is 12.4. The highest BCUT2D eigenvalue weighted by molar-refractivity contribution is 6.14. The lowest BCUT2D eigenvalue weighted by molar-refractivity contribution is -0.141. The molecule has 0 spiro atoms. The molecule has 34 heavy (non-hydrogen) atoms. The number of nitrogens with two attached hydrogens (primary N) is 1. The predicted molar refractivity (Wildman–Crippen MR) is 132 cm³/mol. The number of phenols is 1. The van der Waals surface area contributed by atoms with E-state index < -0.39 is 23.4 Å². The Morgan fingerprint density at radius 2 is 1.74 bits per heavy atom. The molecule has 1 saturated carbocycles. The van der Waals surface area contributed by atoms with Crippen LogP contribution in [-0.2, 0) is 20.8 Å². The molecule has 2 amide bonds. The minimum atomic E-state index is -1.33. The lowest BCUT2D eigenvalue weighted by Gasteiger charge is -2.33. The molecule has 7 nitrogen and oxygen atoms in total. The molecule has 1 aliphatic rings. The number of phenolic OH excluding ortho intramolecular Hbond substituents is 1. The van der Waals surface area contributed by atoms with Crippen LogP contribution in [0.1, 0.15) is 44.7 Å². The molecule has 0 unspecified atom stereocenters. The summed E-state index contributed by atoms with van der Waals surface area (Å²) in [5.41, 5.74) is 7.30. The number of nitrogens with zero attached hydrogens (tertiary/aromatic N) is 1. The van der Waals surface area contributed by atoms with Gasteiger partial charge < -0.3 is 21.1 Å². The molecule has 7 heteroatoms. The summed E-state index contributed by atoms with van der Waals surface area (Å²) in [6.07, 6.45) is 2.42. The van der Waals surface area contributed by atoms with Gasteiger partial charge in [-0.25, -0.2) is 0 Å². The van der Waals surface area contributed by atoms with Crippen LogP contribution < -0.4 is 16.0 Å². The summed E-state index contributed by atoms with van der Waals surface area (Å²) >= 11 is 0. The molecule has 4 N–H and O–H groups in total. The first-order valence-corrected chi connectivity index (χ1v) is 11.8. The summed E-state index contributed by atoms with van der Waals surface area (Å²) in [4.78, 5) is 41.4. The second-order valence-corrected chi connectivity index (χ2v) is 9.84. The minimum absolute atomic E-state index is 0.134. The van der Waals surface area contributed by atoms with Gasteiger partial charge in [0.05, 0.1) is 12.1 Å². The number of hydrogen-bond acceptors (Lipinski definition) is 5. The van der Waals surface area contributed by atoms with Crippen molar-refractivity contribution in [1.29, 1.82) is 0 Å². The van der Waals surface area contributed by atoms with Gasteiger partial charge in [0.25, 0.3) is 0 Å². The van der Waals surface area contributed by atoms with Gasteiger partial charge in [-0.15, -0.1) is 0 Å². The highest BCUT2D eigenvalue weighted by Crippen LogP contribution is 2.35. The molecule has 0 heterocycles. The van der Waals surface area contributed by atoms with Crippen LogP contribution >= 0.6 is 0 Å². The molecule has 0 radical (unpaired) electrons. The quantitative estimate of drug-likeness (QED) is 0.467. The molecule has 2 aromatic carbocycles. The number of hydrogen-bond donors (Lipinski definition) is 3. The lowest BCUT2D eigenvalue weighted by atomic mass is 9.82. The zero-order chi connectivity index (χ0) is 25.0. The Morgan fingerprint density at radius 3 is 2.32 bits per heavy atom. The Hall–Kier alpha value is -3.19. The maximum atomic E-state index is 13.7. The highest BCUT2D eigenvalue weighted by Gasteiger charge is 2.43. The number of carbonyl (C=O) groups is 3. The number of ketones is 1. The fourth-order valence-corrected chi connectivity index (χ4v) is 4.06. The zero-order valence-electron chi connectivity index (χ0n) is 20.4. The van der Waals surface area contributed by atoms with Crippen molar-refractivity contribution in [1.82, 2.24) is 5.32 Å². The van der Waals surface area contributed by atoms with Gasteiger partial charge in [-0.2, -0.15) is 0 Å². The normalized spacial score (nSPS) is 15.3. The molecule has 3 rings (SSSR count). The smallest absolute Gasteiger partial charge is 0.240 e. The Morgan fingerprint density at radius 1 is 1.12 bits per heavy atom. The molecular weight excluding hydrogens is 430 g/mol. The Kier molecular flexibility index (Phi) is 7.77. The molecule has 0 aliphatic heterocycles. The molecule has 2 atom stereocenters. The topological polar surface area (TPSA) is 113 Å². The van der Waals surface area contributed by atoms with E-state index in [4.69, 9.17) is 5.73 Å². The first-order chi connectivity index (χ1) is 16.0. The van der Waals surface area contributed by atoms with Gasteiger partial charge in [0.15, 0.2) is 5.78 Å². The average Bonchev–Trinajstić information content (AvgIpc) is 3.62. The summed E-state index contributed by atoms with van der Waals surface area (Å²) in [7, 11) is 0. The summed E-state index contributed by atoms with van der Waals surface area (Å²) in [6.45, 7) is 7.36. The number of rotatable bonds is 10. The first kappa shape index (κ1) is 25.4. The number of Topliss-reactive ketones (excluding diaryl/α,β-unsaturated/α-hetero) is 1. The van der Waals surface area contributed by atoms with E-state index in [1.807, 2.05) is 31.2 Å². The van der Waals surface area contributed by atoms with Crippen molar-refractivity contribution in [2.45, 2.75) is 59.0 Å². The maximum absolute atomic E-state index is 13.7. The Bertz CT molecular complexity index is 1040. The molecular formula is C27H35N3O4. The van der Waals surface area contributed by atoms with Crippen molar-refractivity contribution in [2.24, 2.45) is 17.1 Å². The second-order valence-electron chi connectivity index (χ2n) is 9.84. The van der Waals surface area contributed by atoms with E-state index in [0.29, 0.717) is 12.5 Å². The number of para-hydroxylation sites is 1. The number of nitrogens with one attached hydrogen (secondary N) is 1. The molecule has 1 fully saturated rings. The van der Waals surface area contributed by atoms with Crippen LogP contribution in [0, 0.1) is 18.3 Å². The number of benzene rings is 2. The summed E-state index contributed by atoms with van der Waals surface area (Å²) < 4.78 is 0. The third-order valence-electron chi connectivity index (χ3n) is 6.42. The van der Waals surface area contributed by atoms with Gasteiger partial charge in [-0.05, 0) is 82.2 Å². The van der Waals surface area contributed by atoms with Gasteiger partial charge in [0, 0.05) is 12.2 Å². The standard InChI is InChI=1S/C27H35N3O4/c1-17-7-5-6-8-23(17)30(16-20-9-10-20)26(34)27(3,4)24(32)18(2)29-25(33)22(28)15-19-11-13-21(31)14-12-19/h5-8,11-14,18,20,22,31H,9-10,15-16,28H2,1-4H3,(H,29,33)/t18-,22-/m0/s1. The van der Waals surface area contributed by atoms with Crippen LogP contribution in [-0.4, -0.2) is 41.3 Å². The number of aryl methyl sites for hydroxylation is 1. The summed E-state index contributed by atoms with van der Waals surface area (Å²) in [5, 5.41) is 12.1. The van der Waals surface area contributed by atoms with E-state index >= 15 is 0 Å². The minimum Gasteiger partial charge on any atom is -0.508 e. The highest BCUT2D eigenvalue weighted by atomic mass is 16.3. The van der Waals surface area contributed by atoms with Crippen molar-refractivity contribution in [3.05, 3.63) is 59.7 Å². The van der Waals surface area contributed by atoms with Gasteiger partial charge in [-0.3, -0.25) is 14.4 Å². The van der Waals surface area contributed by atoms with Crippen molar-refractivity contribution < 1.29 is 19.5 Å². The van der Waals surface area contributed by atoms with E-state index in [-0.39, 0.29) is 23.9 Å². The van der Waals surface area contributed by atoms with Crippen LogP contribution in [0.25, 0.3) is 0 Å².